The molecule has 166 valence electrons. The number of furan rings is 1. The van der Waals surface area contributed by atoms with Gasteiger partial charge >= 0.3 is 0 Å². The minimum absolute atomic E-state index is 0.0492. The second kappa shape index (κ2) is 10.9. The fraction of sp³-hybridized carbons (Fsp3) is 0.364. The summed E-state index contributed by atoms with van der Waals surface area (Å²) in [5, 5.41) is 15.9. The minimum Gasteiger partial charge on any atom is -0.511 e. The average molecular weight is 446 g/mol. The Balaban J connectivity index is 1.44. The van der Waals surface area contributed by atoms with Crippen molar-refractivity contribution in [2.75, 3.05) is 18.8 Å². The van der Waals surface area contributed by atoms with E-state index in [1.54, 1.807) is 12.3 Å². The Kier molecular flexibility index (Phi) is 8.02. The molecule has 1 atom stereocenters. The molecule has 8 nitrogen and oxygen atoms in total. The van der Waals surface area contributed by atoms with Gasteiger partial charge in [0, 0.05) is 36.5 Å². The van der Waals surface area contributed by atoms with Gasteiger partial charge in [-0.1, -0.05) is 12.2 Å². The van der Waals surface area contributed by atoms with Crippen molar-refractivity contribution in [3.63, 3.8) is 0 Å². The van der Waals surface area contributed by atoms with Gasteiger partial charge in [-0.15, -0.1) is 0 Å². The van der Waals surface area contributed by atoms with E-state index in [1.807, 2.05) is 12.1 Å². The van der Waals surface area contributed by atoms with Crippen LogP contribution in [0.1, 0.15) is 23.2 Å². The predicted molar refractivity (Wildman–Crippen MR) is 117 cm³/mol. The lowest BCUT2D eigenvalue weighted by Crippen LogP contribution is -2.33. The molecular weight excluding hydrogens is 418 g/mol. The number of carbonyl (C=O) groups excluding carboxylic acids is 1. The van der Waals surface area contributed by atoms with Gasteiger partial charge in [0.25, 0.3) is 0 Å². The van der Waals surface area contributed by atoms with E-state index < -0.39 is 21.5 Å². The summed E-state index contributed by atoms with van der Waals surface area (Å²) in [5.74, 6) is -1.64. The molecule has 0 aliphatic carbocycles. The number of carbonyl (C=O) groups is 1. The summed E-state index contributed by atoms with van der Waals surface area (Å²) >= 11 is 0. The van der Waals surface area contributed by atoms with Crippen LogP contribution in [0.3, 0.4) is 0 Å². The third-order valence-corrected chi connectivity index (χ3v) is 6.28. The number of hydrogen-bond acceptors (Lipinski definition) is 7. The Morgan fingerprint density at radius 3 is 2.94 bits per heavy atom. The first-order chi connectivity index (χ1) is 14.9. The highest BCUT2D eigenvalue weighted by molar-refractivity contribution is 7.91. The molecule has 0 saturated heterocycles. The smallest absolute Gasteiger partial charge is 0.235 e. The average Bonchev–Trinajstić information content (AvgIpc) is 3.23. The van der Waals surface area contributed by atoms with Gasteiger partial charge in [0.15, 0.2) is 9.84 Å². The quantitative estimate of drug-likeness (QED) is 0.377. The second-order valence-electron chi connectivity index (χ2n) is 7.51. The molecule has 0 spiro atoms. The number of aliphatic hydroxyl groups excluding tert-OH is 1. The number of hydrogen-bond donors (Lipinski definition) is 3. The van der Waals surface area contributed by atoms with Gasteiger partial charge in [-0.3, -0.25) is 9.78 Å². The topological polar surface area (TPSA) is 122 Å². The molecule has 3 rings (SSSR count). The highest BCUT2D eigenvalue weighted by Crippen LogP contribution is 2.11. The van der Waals surface area contributed by atoms with Crippen LogP contribution in [0.2, 0.25) is 0 Å². The summed E-state index contributed by atoms with van der Waals surface area (Å²) in [5.41, 5.74) is 2.47. The van der Waals surface area contributed by atoms with E-state index in [1.165, 1.54) is 24.2 Å². The van der Waals surface area contributed by atoms with Crippen molar-refractivity contribution >= 4 is 15.7 Å². The third kappa shape index (κ3) is 8.03. The van der Waals surface area contributed by atoms with Crippen molar-refractivity contribution in [2.24, 2.45) is 0 Å². The van der Waals surface area contributed by atoms with E-state index in [2.05, 4.69) is 27.8 Å². The summed E-state index contributed by atoms with van der Waals surface area (Å²) in [6.45, 7) is 0.744. The monoisotopic (exact) mass is 445 g/mol. The summed E-state index contributed by atoms with van der Waals surface area (Å²) in [6.07, 6.45) is 12.6. The molecule has 0 fully saturated rings. The van der Waals surface area contributed by atoms with E-state index in [0.717, 1.165) is 25.1 Å². The van der Waals surface area contributed by atoms with Crippen LogP contribution in [0.5, 0.6) is 0 Å². The van der Waals surface area contributed by atoms with Crippen LogP contribution < -0.4 is 10.6 Å². The van der Waals surface area contributed by atoms with E-state index in [0.29, 0.717) is 18.0 Å². The van der Waals surface area contributed by atoms with Gasteiger partial charge in [0.2, 0.25) is 5.91 Å². The van der Waals surface area contributed by atoms with Crippen LogP contribution >= 0.6 is 0 Å². The molecule has 1 aliphatic rings. The lowest BCUT2D eigenvalue weighted by atomic mass is 10.0. The van der Waals surface area contributed by atoms with Gasteiger partial charge in [0.1, 0.15) is 11.5 Å². The van der Waals surface area contributed by atoms with Crippen LogP contribution in [0, 0.1) is 0 Å². The molecule has 31 heavy (non-hydrogen) atoms. The molecule has 0 aromatic carbocycles. The Morgan fingerprint density at radius 2 is 2.19 bits per heavy atom. The maximum absolute atomic E-state index is 12.0. The molecule has 9 heteroatoms. The van der Waals surface area contributed by atoms with Crippen LogP contribution in [0.4, 0.5) is 0 Å². The SMILES string of the molecule is O=C(CS(=O)(=O)Cc1ccoc1)NC/C(O)=C/Cc1cc(CC2CC=CCN2)ccn1. The zero-order valence-electron chi connectivity index (χ0n) is 17.2. The fourth-order valence-electron chi connectivity index (χ4n) is 3.28. The Hall–Kier alpha value is -2.91. The lowest BCUT2D eigenvalue weighted by molar-refractivity contribution is -0.118. The first kappa shape index (κ1) is 22.8. The first-order valence-electron chi connectivity index (χ1n) is 10.1. The molecule has 0 saturated carbocycles. The van der Waals surface area contributed by atoms with E-state index >= 15 is 0 Å². The number of pyridine rings is 1. The number of amides is 1. The lowest BCUT2D eigenvalue weighted by Gasteiger charge is -2.19. The number of nitrogens with zero attached hydrogens (tertiary/aromatic N) is 1. The standard InChI is InChI=1S/C22H27N3O5S/c26-21(13-25-22(27)16-31(28,29)15-18-7-10-30-14-18)5-4-20-12-17(6-9-24-20)11-19-3-1-2-8-23-19/h1-2,5-7,9-10,12,14,19,23,26H,3-4,8,11,13,15-16H2,(H,25,27)/b21-5-. The van der Waals surface area contributed by atoms with Crippen molar-refractivity contribution in [1.82, 2.24) is 15.6 Å². The molecule has 2 aromatic rings. The Morgan fingerprint density at radius 1 is 1.32 bits per heavy atom. The zero-order valence-corrected chi connectivity index (χ0v) is 18.0. The number of allylic oxidation sites excluding steroid dienone is 1. The van der Waals surface area contributed by atoms with Gasteiger partial charge < -0.3 is 20.2 Å². The highest BCUT2D eigenvalue weighted by atomic mass is 32.2. The molecule has 2 aromatic heterocycles. The molecular formula is C22H27N3O5S. The van der Waals surface area contributed by atoms with Crippen LogP contribution in [0.15, 0.2) is 65.3 Å². The van der Waals surface area contributed by atoms with Crippen LogP contribution in [0.25, 0.3) is 0 Å². The third-order valence-electron chi connectivity index (χ3n) is 4.81. The fourth-order valence-corrected chi connectivity index (χ4v) is 4.56. The maximum Gasteiger partial charge on any atom is 0.235 e. The predicted octanol–water partition coefficient (Wildman–Crippen LogP) is 1.85. The summed E-state index contributed by atoms with van der Waals surface area (Å²) in [4.78, 5) is 16.2. The highest BCUT2D eigenvalue weighted by Gasteiger charge is 2.18. The Labute approximate surface area is 182 Å². The van der Waals surface area contributed by atoms with Gasteiger partial charge in [0.05, 0.1) is 24.8 Å². The van der Waals surface area contributed by atoms with Crippen molar-refractivity contribution in [2.45, 2.75) is 31.1 Å². The number of rotatable bonds is 10. The van der Waals surface area contributed by atoms with Crippen molar-refractivity contribution < 1.29 is 22.7 Å². The normalized spacial score (nSPS) is 16.9. The largest absolute Gasteiger partial charge is 0.511 e. The number of nitrogens with one attached hydrogen (secondary N) is 2. The zero-order chi connectivity index (χ0) is 22.1. The molecule has 1 unspecified atom stereocenters. The second-order valence-corrected chi connectivity index (χ2v) is 9.58. The molecule has 1 aliphatic heterocycles. The Bertz CT molecular complexity index is 1030. The molecule has 0 radical (unpaired) electrons. The van der Waals surface area contributed by atoms with Crippen molar-refractivity contribution in [1.29, 1.82) is 0 Å². The first-order valence-corrected chi connectivity index (χ1v) is 11.9. The number of aromatic nitrogens is 1. The molecule has 3 heterocycles. The van der Waals surface area contributed by atoms with E-state index in [4.69, 9.17) is 4.42 Å². The van der Waals surface area contributed by atoms with Crippen LogP contribution in [-0.2, 0) is 33.2 Å². The van der Waals surface area contributed by atoms with Crippen LogP contribution in [-0.4, -0.2) is 49.3 Å². The van der Waals surface area contributed by atoms with E-state index in [9.17, 15) is 18.3 Å². The molecule has 3 N–H and O–H groups in total. The van der Waals surface area contributed by atoms with E-state index in [-0.39, 0.29) is 18.1 Å². The molecule has 1 amide bonds. The summed E-state index contributed by atoms with van der Waals surface area (Å²) < 4.78 is 28.9. The number of aliphatic hydroxyl groups is 1. The minimum atomic E-state index is -3.62. The van der Waals surface area contributed by atoms with Crippen molar-refractivity contribution in [3.8, 4) is 0 Å². The van der Waals surface area contributed by atoms with Gasteiger partial charge in [-0.25, -0.2) is 8.42 Å². The summed E-state index contributed by atoms with van der Waals surface area (Å²) in [6, 6.07) is 5.93. The summed E-state index contributed by atoms with van der Waals surface area (Å²) in [7, 11) is -3.62. The van der Waals surface area contributed by atoms with Gasteiger partial charge in [-0.05, 0) is 42.7 Å². The van der Waals surface area contributed by atoms with Crippen molar-refractivity contribution in [3.05, 3.63) is 77.7 Å². The molecule has 0 bridgehead atoms. The number of sulfone groups is 1. The van der Waals surface area contributed by atoms with Gasteiger partial charge in [-0.2, -0.15) is 0 Å². The maximum atomic E-state index is 12.0.